The van der Waals surface area contributed by atoms with Gasteiger partial charge in [-0.2, -0.15) is 0 Å². The summed E-state index contributed by atoms with van der Waals surface area (Å²) in [5.41, 5.74) is 7.55. The molecule has 0 saturated carbocycles. The van der Waals surface area contributed by atoms with Crippen molar-refractivity contribution in [2.45, 2.75) is 77.6 Å². The number of hydrogen-bond donors (Lipinski definition) is 3. The summed E-state index contributed by atoms with van der Waals surface area (Å²) in [6, 6.07) is 7.32. The number of nitrogens with zero attached hydrogens (tertiary/aromatic N) is 1. The molecule has 0 fully saturated rings. The van der Waals surface area contributed by atoms with Gasteiger partial charge in [-0.3, -0.25) is 0 Å². The Morgan fingerprint density at radius 1 is 1.07 bits per heavy atom. The van der Waals surface area contributed by atoms with Crippen molar-refractivity contribution in [2.24, 2.45) is 10.7 Å². The van der Waals surface area contributed by atoms with Crippen LogP contribution in [0.3, 0.4) is 0 Å². The van der Waals surface area contributed by atoms with Crippen molar-refractivity contribution < 1.29 is 8.42 Å². The van der Waals surface area contributed by atoms with Crippen molar-refractivity contribution in [2.75, 3.05) is 6.54 Å². The van der Waals surface area contributed by atoms with Gasteiger partial charge >= 0.3 is 0 Å². The number of guanidine groups is 1. The van der Waals surface area contributed by atoms with E-state index < -0.39 is 10.0 Å². The quantitative estimate of drug-likeness (QED) is 0.271. The summed E-state index contributed by atoms with van der Waals surface area (Å²) >= 11 is 0. The molecule has 0 aliphatic heterocycles. The average molecular weight is 397 g/mol. The molecule has 27 heavy (non-hydrogen) atoms. The Balaban J connectivity index is 2.50. The van der Waals surface area contributed by atoms with Gasteiger partial charge in [0.2, 0.25) is 10.0 Å². The number of unbranched alkanes of at least 4 members (excludes halogenated alkanes) is 5. The van der Waals surface area contributed by atoms with Crippen molar-refractivity contribution in [3.8, 4) is 0 Å². The highest BCUT2D eigenvalue weighted by Gasteiger charge is 2.15. The maximum atomic E-state index is 12.2. The fourth-order valence-electron chi connectivity index (χ4n) is 2.81. The van der Waals surface area contributed by atoms with Crippen molar-refractivity contribution in [1.82, 2.24) is 10.0 Å². The van der Waals surface area contributed by atoms with E-state index in [1.54, 1.807) is 0 Å². The molecule has 0 aliphatic carbocycles. The Hall–Kier alpha value is -1.60. The summed E-state index contributed by atoms with van der Waals surface area (Å²) in [4.78, 5) is 4.36. The van der Waals surface area contributed by atoms with Crippen LogP contribution in [0, 0.1) is 0 Å². The lowest BCUT2D eigenvalue weighted by molar-refractivity contribution is 0.569. The fraction of sp³-hybridized carbons (Fsp3) is 0.650. The van der Waals surface area contributed by atoms with E-state index in [2.05, 4.69) is 22.0 Å². The van der Waals surface area contributed by atoms with Crippen molar-refractivity contribution >= 4 is 16.0 Å². The van der Waals surface area contributed by atoms with Gasteiger partial charge in [0.25, 0.3) is 0 Å². The summed E-state index contributed by atoms with van der Waals surface area (Å²) in [6.07, 6.45) is 7.40. The molecule has 0 unspecified atom stereocenters. The Morgan fingerprint density at radius 3 is 2.37 bits per heavy atom. The van der Waals surface area contributed by atoms with Gasteiger partial charge in [0.05, 0.1) is 12.3 Å². The molecule has 0 amide bonds. The van der Waals surface area contributed by atoms with E-state index in [1.807, 2.05) is 38.1 Å². The van der Waals surface area contributed by atoms with E-state index in [0.29, 0.717) is 12.5 Å². The molecular formula is C20H36N4O2S. The standard InChI is InChI=1S/C20H36N4O2S/c1-4-5-6-7-8-11-14-22-20(21)23-15-18-12-9-10-13-19(18)16-27(25,26)24-17(2)3/h9-10,12-13,17,24H,4-8,11,14-16H2,1-3H3,(H3,21,22,23). The van der Waals surface area contributed by atoms with E-state index in [-0.39, 0.29) is 11.8 Å². The van der Waals surface area contributed by atoms with Crippen LogP contribution in [-0.2, 0) is 22.3 Å². The summed E-state index contributed by atoms with van der Waals surface area (Å²) in [5.74, 6) is 0.351. The maximum absolute atomic E-state index is 12.2. The highest BCUT2D eigenvalue weighted by Crippen LogP contribution is 2.13. The monoisotopic (exact) mass is 396 g/mol. The molecule has 0 aromatic heterocycles. The van der Waals surface area contributed by atoms with Gasteiger partial charge in [-0.25, -0.2) is 18.1 Å². The first-order valence-corrected chi connectivity index (χ1v) is 11.6. The first-order chi connectivity index (χ1) is 12.8. The second-order valence-corrected chi connectivity index (χ2v) is 8.95. The van der Waals surface area contributed by atoms with E-state index in [1.165, 1.54) is 32.1 Å². The average Bonchev–Trinajstić information content (AvgIpc) is 2.58. The molecule has 0 radical (unpaired) electrons. The number of sulfonamides is 1. The number of rotatable bonds is 13. The van der Waals surface area contributed by atoms with Gasteiger partial charge < -0.3 is 11.1 Å². The van der Waals surface area contributed by atoms with E-state index in [0.717, 1.165) is 24.1 Å². The molecule has 0 saturated heterocycles. The fourth-order valence-corrected chi connectivity index (χ4v) is 4.30. The molecule has 0 bridgehead atoms. The Labute approximate surface area is 165 Å². The van der Waals surface area contributed by atoms with Crippen LogP contribution in [0.25, 0.3) is 0 Å². The van der Waals surface area contributed by atoms with E-state index in [9.17, 15) is 8.42 Å². The minimum atomic E-state index is -3.37. The van der Waals surface area contributed by atoms with Gasteiger partial charge in [0, 0.05) is 12.6 Å². The summed E-state index contributed by atoms with van der Waals surface area (Å²) in [6.45, 7) is 7.01. The Bertz CT molecular complexity index is 672. The van der Waals surface area contributed by atoms with Crippen LogP contribution in [0.4, 0.5) is 0 Å². The Kier molecular flexibility index (Phi) is 11.0. The number of aliphatic imine (C=N–C) groups is 1. The molecule has 6 nitrogen and oxygen atoms in total. The lowest BCUT2D eigenvalue weighted by Gasteiger charge is -2.12. The van der Waals surface area contributed by atoms with Crippen LogP contribution >= 0.6 is 0 Å². The van der Waals surface area contributed by atoms with Gasteiger partial charge in [-0.1, -0.05) is 63.3 Å². The third-order valence-electron chi connectivity index (χ3n) is 4.14. The molecule has 0 heterocycles. The number of nitrogens with two attached hydrogens (primary N) is 1. The molecule has 1 aromatic carbocycles. The largest absolute Gasteiger partial charge is 0.370 e. The Morgan fingerprint density at radius 2 is 1.70 bits per heavy atom. The summed E-state index contributed by atoms with van der Waals surface area (Å²) in [5, 5.41) is 3.13. The predicted molar refractivity (Wildman–Crippen MR) is 114 cm³/mol. The van der Waals surface area contributed by atoms with Crippen LogP contribution in [-0.4, -0.2) is 27.0 Å². The lowest BCUT2D eigenvalue weighted by Crippen LogP contribution is -2.32. The zero-order chi connectivity index (χ0) is 20.1. The number of hydrogen-bond acceptors (Lipinski definition) is 3. The second-order valence-electron chi connectivity index (χ2n) is 7.20. The zero-order valence-corrected chi connectivity index (χ0v) is 17.8. The lowest BCUT2D eigenvalue weighted by atomic mass is 10.1. The highest BCUT2D eigenvalue weighted by atomic mass is 32.2. The first-order valence-electron chi connectivity index (χ1n) is 9.94. The van der Waals surface area contributed by atoms with Crippen LogP contribution in [0.2, 0.25) is 0 Å². The molecule has 0 spiro atoms. The third-order valence-corrected chi connectivity index (χ3v) is 5.66. The minimum absolute atomic E-state index is 0.0536. The topological polar surface area (TPSA) is 96.6 Å². The van der Waals surface area contributed by atoms with Crippen LogP contribution in [0.5, 0.6) is 0 Å². The molecule has 1 aromatic rings. The van der Waals surface area contributed by atoms with Crippen LogP contribution in [0.1, 0.15) is 70.4 Å². The van der Waals surface area contributed by atoms with Crippen molar-refractivity contribution in [3.63, 3.8) is 0 Å². The predicted octanol–water partition coefficient (Wildman–Crippen LogP) is 3.28. The third kappa shape index (κ3) is 11.0. The summed E-state index contributed by atoms with van der Waals surface area (Å²) < 4.78 is 27.0. The molecule has 7 heteroatoms. The molecular weight excluding hydrogens is 360 g/mol. The van der Waals surface area contributed by atoms with Crippen molar-refractivity contribution in [3.05, 3.63) is 35.4 Å². The van der Waals surface area contributed by atoms with Gasteiger partial charge in [0.15, 0.2) is 5.96 Å². The molecule has 0 aliphatic rings. The first kappa shape index (κ1) is 23.4. The molecule has 154 valence electrons. The number of nitrogens with one attached hydrogen (secondary N) is 2. The SMILES string of the molecule is CCCCCCCCNC(N)=NCc1ccccc1CS(=O)(=O)NC(C)C. The van der Waals surface area contributed by atoms with E-state index in [4.69, 9.17) is 5.73 Å². The van der Waals surface area contributed by atoms with E-state index >= 15 is 0 Å². The maximum Gasteiger partial charge on any atom is 0.216 e. The molecule has 1 rings (SSSR count). The van der Waals surface area contributed by atoms with Crippen molar-refractivity contribution in [1.29, 1.82) is 0 Å². The van der Waals surface area contributed by atoms with Gasteiger partial charge in [0.1, 0.15) is 0 Å². The molecule has 0 atom stereocenters. The van der Waals surface area contributed by atoms with Crippen LogP contribution in [0.15, 0.2) is 29.3 Å². The van der Waals surface area contributed by atoms with Gasteiger partial charge in [-0.05, 0) is 31.4 Å². The molecule has 4 N–H and O–H groups in total. The zero-order valence-electron chi connectivity index (χ0n) is 17.0. The van der Waals surface area contributed by atoms with Crippen LogP contribution < -0.4 is 15.8 Å². The van der Waals surface area contributed by atoms with Gasteiger partial charge in [-0.15, -0.1) is 0 Å². The highest BCUT2D eigenvalue weighted by molar-refractivity contribution is 7.88. The normalized spacial score (nSPS) is 12.5. The smallest absolute Gasteiger partial charge is 0.216 e. The summed E-state index contributed by atoms with van der Waals surface area (Å²) in [7, 11) is -3.37. The number of benzene rings is 1. The second kappa shape index (κ2) is 12.7. The minimum Gasteiger partial charge on any atom is -0.370 e.